The fourth-order valence-corrected chi connectivity index (χ4v) is 3.11. The van der Waals surface area contributed by atoms with Gasteiger partial charge in [-0.25, -0.2) is 4.68 Å². The molecular formula is C20H20N4O. The number of rotatable bonds is 6. The molecule has 25 heavy (non-hydrogen) atoms. The molecule has 2 aromatic heterocycles. The van der Waals surface area contributed by atoms with Crippen LogP contribution in [-0.2, 0) is 13.1 Å². The molecule has 0 amide bonds. The Morgan fingerprint density at radius 2 is 1.72 bits per heavy atom. The minimum atomic E-state index is 0.185. The van der Waals surface area contributed by atoms with Crippen molar-refractivity contribution in [3.05, 3.63) is 72.6 Å². The van der Waals surface area contributed by atoms with E-state index in [1.54, 1.807) is 0 Å². The first-order chi connectivity index (χ1) is 12.3. The predicted octanol–water partition coefficient (Wildman–Crippen LogP) is 3.33. The predicted molar refractivity (Wildman–Crippen MR) is 98.2 cm³/mol. The average molecular weight is 332 g/mol. The minimum Gasteiger partial charge on any atom is -0.396 e. The maximum Gasteiger partial charge on any atom is 0.113 e. The van der Waals surface area contributed by atoms with Gasteiger partial charge in [0.1, 0.15) is 5.52 Å². The highest BCUT2D eigenvalue weighted by atomic mass is 16.3. The van der Waals surface area contributed by atoms with Crippen molar-refractivity contribution in [3.8, 4) is 11.1 Å². The fraction of sp³-hybridized carbons (Fsp3) is 0.200. The van der Waals surface area contributed by atoms with E-state index in [0.29, 0.717) is 6.54 Å². The van der Waals surface area contributed by atoms with Crippen molar-refractivity contribution in [1.29, 1.82) is 0 Å². The van der Waals surface area contributed by atoms with E-state index in [2.05, 4.69) is 39.3 Å². The highest BCUT2D eigenvalue weighted by Crippen LogP contribution is 2.23. The van der Waals surface area contributed by atoms with Crippen LogP contribution in [0, 0.1) is 0 Å². The first kappa shape index (κ1) is 15.6. The lowest BCUT2D eigenvalue weighted by atomic mass is 10.1. The smallest absolute Gasteiger partial charge is 0.113 e. The van der Waals surface area contributed by atoms with Crippen LogP contribution >= 0.6 is 0 Å². The van der Waals surface area contributed by atoms with Crippen LogP contribution in [0.15, 0.2) is 66.9 Å². The molecule has 126 valence electrons. The van der Waals surface area contributed by atoms with E-state index < -0.39 is 0 Å². The first-order valence-corrected chi connectivity index (χ1v) is 8.49. The highest BCUT2D eigenvalue weighted by molar-refractivity contribution is 5.74. The zero-order valence-corrected chi connectivity index (χ0v) is 13.9. The Kier molecular flexibility index (Phi) is 4.31. The Morgan fingerprint density at radius 3 is 2.56 bits per heavy atom. The highest BCUT2D eigenvalue weighted by Gasteiger charge is 2.11. The first-order valence-electron chi connectivity index (χ1n) is 8.49. The summed E-state index contributed by atoms with van der Waals surface area (Å²) in [6.45, 7) is 1.62. The zero-order chi connectivity index (χ0) is 17.1. The topological polar surface area (TPSA) is 55.9 Å². The molecule has 5 heteroatoms. The summed E-state index contributed by atoms with van der Waals surface area (Å²) in [5.41, 5.74) is 5.45. The number of aliphatic hydroxyl groups excluding tert-OH is 1. The third kappa shape index (κ3) is 3.19. The maximum absolute atomic E-state index is 9.20. The van der Waals surface area contributed by atoms with Gasteiger partial charge in [-0.15, -0.1) is 5.10 Å². The Bertz CT molecular complexity index is 972. The second-order valence-electron chi connectivity index (χ2n) is 6.09. The average Bonchev–Trinajstić information content (AvgIpc) is 3.26. The molecule has 0 unspecified atom stereocenters. The molecule has 2 aromatic carbocycles. The molecule has 2 heterocycles. The Morgan fingerprint density at radius 1 is 0.920 bits per heavy atom. The van der Waals surface area contributed by atoms with E-state index in [1.807, 2.05) is 47.1 Å². The van der Waals surface area contributed by atoms with Crippen molar-refractivity contribution < 1.29 is 5.11 Å². The zero-order valence-electron chi connectivity index (χ0n) is 13.9. The summed E-state index contributed by atoms with van der Waals surface area (Å²) in [6.07, 6.45) is 2.88. The van der Waals surface area contributed by atoms with Crippen LogP contribution in [0.1, 0.15) is 12.1 Å². The molecule has 0 bridgehead atoms. The summed E-state index contributed by atoms with van der Waals surface area (Å²) >= 11 is 0. The van der Waals surface area contributed by atoms with Crippen LogP contribution < -0.4 is 0 Å². The molecule has 5 nitrogen and oxygen atoms in total. The van der Waals surface area contributed by atoms with Gasteiger partial charge in [0.05, 0.1) is 12.1 Å². The molecular weight excluding hydrogens is 312 g/mol. The number of aromatic nitrogens is 4. The number of fused-ring (bicyclic) bond motifs is 1. The number of hydrogen-bond donors (Lipinski definition) is 1. The monoisotopic (exact) mass is 332 g/mol. The maximum atomic E-state index is 9.20. The van der Waals surface area contributed by atoms with Crippen molar-refractivity contribution >= 4 is 11.0 Å². The van der Waals surface area contributed by atoms with Crippen molar-refractivity contribution in [2.45, 2.75) is 19.5 Å². The number of aliphatic hydroxyl groups is 1. The van der Waals surface area contributed by atoms with E-state index in [-0.39, 0.29) is 6.61 Å². The number of benzene rings is 2. The molecule has 4 rings (SSSR count). The molecule has 0 saturated heterocycles. The van der Waals surface area contributed by atoms with Gasteiger partial charge >= 0.3 is 0 Å². The lowest BCUT2D eigenvalue weighted by Gasteiger charge is -2.08. The Balaban J connectivity index is 1.71. The van der Waals surface area contributed by atoms with Gasteiger partial charge in [-0.1, -0.05) is 47.7 Å². The third-order valence-electron chi connectivity index (χ3n) is 4.38. The van der Waals surface area contributed by atoms with Gasteiger partial charge in [0.2, 0.25) is 0 Å². The van der Waals surface area contributed by atoms with E-state index in [9.17, 15) is 5.11 Å². The fourth-order valence-electron chi connectivity index (χ4n) is 3.11. The van der Waals surface area contributed by atoms with Gasteiger partial charge in [0.15, 0.2) is 0 Å². The molecule has 0 spiro atoms. The molecule has 4 aromatic rings. The van der Waals surface area contributed by atoms with E-state index >= 15 is 0 Å². The summed E-state index contributed by atoms with van der Waals surface area (Å²) in [4.78, 5) is 0. The van der Waals surface area contributed by atoms with Gasteiger partial charge in [-0.2, -0.15) is 0 Å². The van der Waals surface area contributed by atoms with E-state index in [1.165, 1.54) is 11.1 Å². The quantitative estimate of drug-likeness (QED) is 0.589. The van der Waals surface area contributed by atoms with Crippen molar-refractivity contribution in [1.82, 2.24) is 19.6 Å². The lowest BCUT2D eigenvalue weighted by molar-refractivity contribution is 0.279. The van der Waals surface area contributed by atoms with Crippen LogP contribution in [0.25, 0.3) is 22.2 Å². The molecule has 0 radical (unpaired) electrons. The van der Waals surface area contributed by atoms with E-state index in [0.717, 1.165) is 29.7 Å². The molecule has 0 aliphatic rings. The van der Waals surface area contributed by atoms with Gasteiger partial charge in [-0.05, 0) is 35.7 Å². The third-order valence-corrected chi connectivity index (χ3v) is 4.38. The van der Waals surface area contributed by atoms with Crippen LogP contribution in [0.5, 0.6) is 0 Å². The summed E-state index contributed by atoms with van der Waals surface area (Å²) in [5.74, 6) is 0. The molecule has 0 saturated carbocycles. The number of nitrogens with zero attached hydrogens (tertiary/aromatic N) is 4. The van der Waals surface area contributed by atoms with Gasteiger partial charge in [-0.3, -0.25) is 0 Å². The Labute approximate surface area is 146 Å². The summed E-state index contributed by atoms with van der Waals surface area (Å²) in [7, 11) is 0. The van der Waals surface area contributed by atoms with Gasteiger partial charge in [0.25, 0.3) is 0 Å². The van der Waals surface area contributed by atoms with Crippen molar-refractivity contribution in [2.75, 3.05) is 6.61 Å². The summed E-state index contributed by atoms with van der Waals surface area (Å²) in [6, 6.07) is 20.5. The Hall–Kier alpha value is -2.92. The molecule has 0 aliphatic carbocycles. The normalized spacial score (nSPS) is 11.2. The van der Waals surface area contributed by atoms with Crippen LogP contribution in [0.3, 0.4) is 0 Å². The SMILES string of the molecule is OCCCn1cc(-c2ccccc2)cc1Cn1nnc2ccccc21. The van der Waals surface area contributed by atoms with Gasteiger partial charge < -0.3 is 9.67 Å². The molecule has 0 atom stereocenters. The van der Waals surface area contributed by atoms with Crippen molar-refractivity contribution in [3.63, 3.8) is 0 Å². The second kappa shape index (κ2) is 6.91. The minimum absolute atomic E-state index is 0.185. The van der Waals surface area contributed by atoms with Crippen LogP contribution in [-0.4, -0.2) is 31.3 Å². The standard InChI is InChI=1S/C20H20N4O/c25-12-6-11-23-14-17(16-7-2-1-3-8-16)13-18(23)15-24-20-10-5-4-9-19(20)21-22-24/h1-5,7-10,13-14,25H,6,11-12,15H2. The largest absolute Gasteiger partial charge is 0.396 e. The summed E-state index contributed by atoms with van der Waals surface area (Å²) < 4.78 is 4.13. The van der Waals surface area contributed by atoms with Crippen LogP contribution in [0.4, 0.5) is 0 Å². The number of para-hydroxylation sites is 1. The number of aryl methyl sites for hydroxylation is 1. The molecule has 1 N–H and O–H groups in total. The summed E-state index contributed by atoms with van der Waals surface area (Å²) in [5, 5.41) is 17.7. The van der Waals surface area contributed by atoms with E-state index in [4.69, 9.17) is 0 Å². The van der Waals surface area contributed by atoms with Gasteiger partial charge in [0, 0.05) is 25.0 Å². The van der Waals surface area contributed by atoms with Crippen molar-refractivity contribution in [2.24, 2.45) is 0 Å². The lowest BCUT2D eigenvalue weighted by Crippen LogP contribution is -2.09. The second-order valence-corrected chi connectivity index (χ2v) is 6.09. The molecule has 0 aliphatic heterocycles. The van der Waals surface area contributed by atoms with Crippen LogP contribution in [0.2, 0.25) is 0 Å². The number of hydrogen-bond acceptors (Lipinski definition) is 3. The molecule has 0 fully saturated rings.